The van der Waals surface area contributed by atoms with Crippen LogP contribution in [-0.4, -0.2) is 46.1 Å². The van der Waals surface area contributed by atoms with Crippen LogP contribution in [0.15, 0.2) is 0 Å². The zero-order chi connectivity index (χ0) is 35.2. The highest BCUT2D eigenvalue weighted by molar-refractivity contribution is 5.76. The largest absolute Gasteiger partial charge is 0.394 e. The van der Waals surface area contributed by atoms with Crippen LogP contribution in [0.5, 0.6) is 0 Å². The Balaban J connectivity index is 3.51. The van der Waals surface area contributed by atoms with E-state index in [-0.39, 0.29) is 18.9 Å². The number of nitrogens with one attached hydrogen (secondary N) is 1. The lowest BCUT2D eigenvalue weighted by Crippen LogP contribution is -2.46. The van der Waals surface area contributed by atoms with Gasteiger partial charge < -0.3 is 20.6 Å². The van der Waals surface area contributed by atoms with Crippen molar-refractivity contribution in [1.29, 1.82) is 0 Å². The highest BCUT2D eigenvalue weighted by Crippen LogP contribution is 2.17. The van der Waals surface area contributed by atoms with E-state index in [4.69, 9.17) is 0 Å². The molecular formula is C43H87NO4. The Kier molecular flexibility index (Phi) is 38.6. The van der Waals surface area contributed by atoms with Gasteiger partial charge in [-0.2, -0.15) is 0 Å². The molecule has 0 aliphatic carbocycles. The van der Waals surface area contributed by atoms with Crippen LogP contribution in [0.2, 0.25) is 0 Å². The molecule has 0 rings (SSSR count). The summed E-state index contributed by atoms with van der Waals surface area (Å²) < 4.78 is 0. The van der Waals surface area contributed by atoms with Gasteiger partial charge in [0.25, 0.3) is 0 Å². The topological polar surface area (TPSA) is 89.8 Å². The van der Waals surface area contributed by atoms with Gasteiger partial charge in [0.15, 0.2) is 0 Å². The molecule has 0 fully saturated rings. The molecular weight excluding hydrogens is 594 g/mol. The molecule has 4 N–H and O–H groups in total. The first-order valence-corrected chi connectivity index (χ1v) is 21.8. The number of amides is 1. The Labute approximate surface area is 300 Å². The average molecular weight is 682 g/mol. The van der Waals surface area contributed by atoms with E-state index in [1.165, 1.54) is 186 Å². The van der Waals surface area contributed by atoms with Crippen LogP contribution in [0.4, 0.5) is 0 Å². The summed E-state index contributed by atoms with van der Waals surface area (Å²) in [5.41, 5.74) is 0. The van der Waals surface area contributed by atoms with Gasteiger partial charge in [0, 0.05) is 0 Å². The summed E-state index contributed by atoms with van der Waals surface area (Å²) in [6.45, 7) is 4.25. The van der Waals surface area contributed by atoms with E-state index in [2.05, 4.69) is 19.2 Å². The highest BCUT2D eigenvalue weighted by atomic mass is 16.3. The Bertz CT molecular complexity index is 630. The SMILES string of the molecule is CCCCCCCCCCCCCCCCCCCCCCCCCCC(O)C(CO)NC(=O)CC(O)CCCCCCCCCCC. The lowest BCUT2D eigenvalue weighted by atomic mass is 10.0. The van der Waals surface area contributed by atoms with Crippen molar-refractivity contribution in [3.05, 3.63) is 0 Å². The minimum atomic E-state index is -0.742. The molecule has 48 heavy (non-hydrogen) atoms. The summed E-state index contributed by atoms with van der Waals surface area (Å²) >= 11 is 0. The highest BCUT2D eigenvalue weighted by Gasteiger charge is 2.21. The van der Waals surface area contributed by atoms with Crippen molar-refractivity contribution in [1.82, 2.24) is 5.32 Å². The van der Waals surface area contributed by atoms with E-state index in [0.717, 1.165) is 25.7 Å². The normalized spacial score (nSPS) is 13.5. The molecule has 0 aromatic rings. The van der Waals surface area contributed by atoms with Gasteiger partial charge in [-0.15, -0.1) is 0 Å². The predicted molar refractivity (Wildman–Crippen MR) is 209 cm³/mol. The monoisotopic (exact) mass is 682 g/mol. The van der Waals surface area contributed by atoms with Crippen molar-refractivity contribution in [3.8, 4) is 0 Å². The minimum absolute atomic E-state index is 0.0414. The van der Waals surface area contributed by atoms with Crippen LogP contribution in [0.3, 0.4) is 0 Å². The number of hydrogen-bond donors (Lipinski definition) is 4. The molecule has 0 radical (unpaired) electrons. The molecule has 0 heterocycles. The maximum atomic E-state index is 12.4. The summed E-state index contributed by atoms with van der Waals surface area (Å²) in [7, 11) is 0. The molecule has 5 heteroatoms. The third-order valence-electron chi connectivity index (χ3n) is 10.4. The number of unbranched alkanes of at least 4 members (excludes halogenated alkanes) is 31. The van der Waals surface area contributed by atoms with Gasteiger partial charge in [0.2, 0.25) is 5.91 Å². The molecule has 0 aromatic carbocycles. The lowest BCUT2D eigenvalue weighted by Gasteiger charge is -2.23. The Morgan fingerprint density at radius 1 is 0.438 bits per heavy atom. The third kappa shape index (κ3) is 35.2. The van der Waals surface area contributed by atoms with E-state index in [1.807, 2.05) is 0 Å². The van der Waals surface area contributed by atoms with Crippen molar-refractivity contribution in [2.45, 2.75) is 263 Å². The van der Waals surface area contributed by atoms with Crippen molar-refractivity contribution < 1.29 is 20.1 Å². The molecule has 1 amide bonds. The standard InChI is InChI=1S/C43H87NO4/c1-3-5-7-9-11-13-14-15-16-17-18-19-20-21-22-23-24-25-26-27-29-31-33-35-37-42(47)41(39-45)44-43(48)38-40(46)36-34-32-30-28-12-10-8-6-4-2/h40-42,45-47H,3-39H2,1-2H3,(H,44,48). The fraction of sp³-hybridized carbons (Fsp3) is 0.977. The van der Waals surface area contributed by atoms with Crippen LogP contribution >= 0.6 is 0 Å². The molecule has 3 atom stereocenters. The van der Waals surface area contributed by atoms with Crippen LogP contribution < -0.4 is 5.32 Å². The second kappa shape index (κ2) is 39.1. The summed E-state index contributed by atoms with van der Waals surface area (Å²) in [4.78, 5) is 12.4. The fourth-order valence-electron chi connectivity index (χ4n) is 7.05. The number of carbonyl (C=O) groups excluding carboxylic acids is 1. The Hall–Kier alpha value is -0.650. The van der Waals surface area contributed by atoms with Crippen molar-refractivity contribution in [3.63, 3.8) is 0 Å². The van der Waals surface area contributed by atoms with E-state index >= 15 is 0 Å². The first kappa shape index (κ1) is 47.4. The zero-order valence-electron chi connectivity index (χ0n) is 32.6. The first-order valence-electron chi connectivity index (χ1n) is 21.8. The molecule has 0 spiro atoms. The van der Waals surface area contributed by atoms with Gasteiger partial charge in [0.1, 0.15) is 0 Å². The second-order valence-electron chi connectivity index (χ2n) is 15.3. The Morgan fingerprint density at radius 3 is 1.00 bits per heavy atom. The Morgan fingerprint density at radius 2 is 0.708 bits per heavy atom. The molecule has 3 unspecified atom stereocenters. The summed E-state index contributed by atoms with van der Waals surface area (Å²) in [6, 6.07) is -0.651. The average Bonchev–Trinajstić information content (AvgIpc) is 3.08. The third-order valence-corrected chi connectivity index (χ3v) is 10.4. The number of rotatable bonds is 40. The minimum Gasteiger partial charge on any atom is -0.394 e. The molecule has 0 aromatic heterocycles. The zero-order valence-corrected chi connectivity index (χ0v) is 32.6. The molecule has 0 aliphatic heterocycles. The molecule has 0 saturated carbocycles. The van der Waals surface area contributed by atoms with Crippen molar-refractivity contribution in [2.24, 2.45) is 0 Å². The fourth-order valence-corrected chi connectivity index (χ4v) is 7.05. The maximum absolute atomic E-state index is 12.4. The van der Waals surface area contributed by atoms with Gasteiger partial charge in [-0.25, -0.2) is 0 Å². The maximum Gasteiger partial charge on any atom is 0.222 e. The van der Waals surface area contributed by atoms with Gasteiger partial charge >= 0.3 is 0 Å². The van der Waals surface area contributed by atoms with E-state index < -0.39 is 18.2 Å². The number of aliphatic hydroxyl groups is 3. The van der Waals surface area contributed by atoms with Crippen LogP contribution in [0.25, 0.3) is 0 Å². The molecule has 0 aliphatic rings. The van der Waals surface area contributed by atoms with Crippen LogP contribution in [-0.2, 0) is 4.79 Å². The predicted octanol–water partition coefficient (Wildman–Crippen LogP) is 12.3. The van der Waals surface area contributed by atoms with Gasteiger partial charge in [-0.05, 0) is 12.8 Å². The molecule has 5 nitrogen and oxygen atoms in total. The molecule has 0 saturated heterocycles. The number of hydrogen-bond acceptors (Lipinski definition) is 4. The van der Waals surface area contributed by atoms with Crippen LogP contribution in [0.1, 0.15) is 245 Å². The van der Waals surface area contributed by atoms with Crippen molar-refractivity contribution in [2.75, 3.05) is 6.61 Å². The van der Waals surface area contributed by atoms with E-state index in [0.29, 0.717) is 12.8 Å². The number of carbonyl (C=O) groups is 1. The molecule has 0 bridgehead atoms. The molecule has 288 valence electrons. The van der Waals surface area contributed by atoms with Crippen molar-refractivity contribution >= 4 is 5.91 Å². The summed E-state index contributed by atoms with van der Waals surface area (Å²) in [6.07, 6.45) is 43.7. The smallest absolute Gasteiger partial charge is 0.222 e. The quantitative estimate of drug-likeness (QED) is 0.0485. The van der Waals surface area contributed by atoms with Gasteiger partial charge in [0.05, 0.1) is 31.3 Å². The van der Waals surface area contributed by atoms with Gasteiger partial charge in [-0.1, -0.05) is 226 Å². The number of aliphatic hydroxyl groups excluding tert-OH is 3. The van der Waals surface area contributed by atoms with Crippen LogP contribution in [0, 0.1) is 0 Å². The second-order valence-corrected chi connectivity index (χ2v) is 15.3. The lowest BCUT2D eigenvalue weighted by molar-refractivity contribution is -0.125. The summed E-state index contributed by atoms with van der Waals surface area (Å²) in [5.74, 6) is -0.281. The van der Waals surface area contributed by atoms with E-state index in [9.17, 15) is 20.1 Å². The van der Waals surface area contributed by atoms with E-state index in [1.54, 1.807) is 0 Å². The summed E-state index contributed by atoms with van der Waals surface area (Å²) in [5, 5.41) is 33.3. The first-order chi connectivity index (χ1) is 23.5. The van der Waals surface area contributed by atoms with Gasteiger partial charge in [-0.3, -0.25) is 4.79 Å².